The molecule has 1 rings (SSSR count). The normalized spacial score (nSPS) is 14.1. The zero-order chi connectivity index (χ0) is 15.5. The van der Waals surface area contributed by atoms with Crippen molar-refractivity contribution in [2.45, 2.75) is 58.6 Å². The Bertz CT molecular complexity index is 364. The molecule has 0 saturated carbocycles. The van der Waals surface area contributed by atoms with Gasteiger partial charge in [0.2, 0.25) is 0 Å². The van der Waals surface area contributed by atoms with Crippen molar-refractivity contribution in [2.75, 3.05) is 19.8 Å². The van der Waals surface area contributed by atoms with Crippen molar-refractivity contribution in [3.8, 4) is 0 Å². The standard InChI is InChI=1S/C18H31NO2/c1-4-5-6-7-12-21-14-18(20)13-19-16(3)17-10-8-15(2)9-11-17/h8-11,16,18-20H,4-7,12-14H2,1-3H3/t16-,18?/m1/s1. The fraction of sp³-hybridized carbons (Fsp3) is 0.667. The van der Waals surface area contributed by atoms with Crippen molar-refractivity contribution >= 4 is 0 Å². The Balaban J connectivity index is 2.11. The van der Waals surface area contributed by atoms with E-state index in [1.807, 2.05) is 0 Å². The molecule has 0 aliphatic heterocycles. The minimum absolute atomic E-state index is 0.241. The maximum Gasteiger partial charge on any atom is 0.0897 e. The highest BCUT2D eigenvalue weighted by Gasteiger charge is 2.08. The molecule has 3 nitrogen and oxygen atoms in total. The van der Waals surface area contributed by atoms with E-state index in [2.05, 4.69) is 50.4 Å². The van der Waals surface area contributed by atoms with E-state index >= 15 is 0 Å². The van der Waals surface area contributed by atoms with Gasteiger partial charge in [-0.15, -0.1) is 0 Å². The Hall–Kier alpha value is -0.900. The van der Waals surface area contributed by atoms with Gasteiger partial charge in [0.05, 0.1) is 12.7 Å². The molecule has 21 heavy (non-hydrogen) atoms. The van der Waals surface area contributed by atoms with Crippen LogP contribution in [0.5, 0.6) is 0 Å². The van der Waals surface area contributed by atoms with Crippen molar-refractivity contribution in [1.29, 1.82) is 0 Å². The molecule has 2 N–H and O–H groups in total. The third-order valence-corrected chi connectivity index (χ3v) is 3.69. The Morgan fingerprint density at radius 1 is 1.14 bits per heavy atom. The summed E-state index contributed by atoms with van der Waals surface area (Å²) in [4.78, 5) is 0. The number of nitrogens with one attached hydrogen (secondary N) is 1. The van der Waals surface area contributed by atoms with Crippen LogP contribution in [0.1, 0.15) is 56.7 Å². The van der Waals surface area contributed by atoms with Crippen LogP contribution < -0.4 is 5.32 Å². The lowest BCUT2D eigenvalue weighted by Crippen LogP contribution is -2.32. The molecule has 0 saturated heterocycles. The van der Waals surface area contributed by atoms with Gasteiger partial charge < -0.3 is 15.2 Å². The van der Waals surface area contributed by atoms with E-state index in [0.29, 0.717) is 13.2 Å². The van der Waals surface area contributed by atoms with Crippen LogP contribution in [0.3, 0.4) is 0 Å². The summed E-state index contributed by atoms with van der Waals surface area (Å²) in [6.45, 7) is 8.13. The van der Waals surface area contributed by atoms with Crippen molar-refractivity contribution in [1.82, 2.24) is 5.32 Å². The number of unbranched alkanes of at least 4 members (excludes halogenated alkanes) is 3. The monoisotopic (exact) mass is 293 g/mol. The Kier molecular flexibility index (Phi) is 9.31. The van der Waals surface area contributed by atoms with Crippen LogP contribution in [0.2, 0.25) is 0 Å². The first kappa shape index (κ1) is 18.1. The van der Waals surface area contributed by atoms with Gasteiger partial charge in [-0.2, -0.15) is 0 Å². The minimum atomic E-state index is -0.441. The highest BCUT2D eigenvalue weighted by atomic mass is 16.5. The number of aliphatic hydroxyl groups is 1. The molecular weight excluding hydrogens is 262 g/mol. The Labute approximate surface area is 129 Å². The van der Waals surface area contributed by atoms with Crippen LogP contribution in [0.15, 0.2) is 24.3 Å². The Morgan fingerprint density at radius 2 is 1.86 bits per heavy atom. The van der Waals surface area contributed by atoms with Crippen LogP contribution in [-0.4, -0.2) is 31.0 Å². The maximum atomic E-state index is 9.90. The average molecular weight is 293 g/mol. The van der Waals surface area contributed by atoms with Crippen LogP contribution in [0.25, 0.3) is 0 Å². The second-order valence-electron chi connectivity index (χ2n) is 5.83. The molecule has 3 heteroatoms. The number of aryl methyl sites for hydroxylation is 1. The predicted molar refractivity (Wildman–Crippen MR) is 88.6 cm³/mol. The first-order chi connectivity index (χ1) is 10.1. The molecule has 0 aliphatic carbocycles. The van der Waals surface area contributed by atoms with Gasteiger partial charge in [-0.25, -0.2) is 0 Å². The zero-order valence-corrected chi connectivity index (χ0v) is 13.8. The average Bonchev–Trinajstić information content (AvgIpc) is 2.49. The lowest BCUT2D eigenvalue weighted by Gasteiger charge is -2.18. The summed E-state index contributed by atoms with van der Waals surface area (Å²) >= 11 is 0. The van der Waals surface area contributed by atoms with E-state index in [0.717, 1.165) is 13.0 Å². The maximum absolute atomic E-state index is 9.90. The van der Waals surface area contributed by atoms with Gasteiger partial charge in [-0.1, -0.05) is 56.0 Å². The van der Waals surface area contributed by atoms with Gasteiger partial charge in [0.1, 0.15) is 0 Å². The number of aliphatic hydroxyl groups excluding tert-OH is 1. The molecule has 0 bridgehead atoms. The molecule has 0 fully saturated rings. The van der Waals surface area contributed by atoms with Gasteiger partial charge in [-0.3, -0.25) is 0 Å². The van der Waals surface area contributed by atoms with Gasteiger partial charge in [0, 0.05) is 19.2 Å². The third-order valence-electron chi connectivity index (χ3n) is 3.69. The predicted octanol–water partition coefficient (Wildman–Crippen LogP) is 3.60. The second kappa shape index (κ2) is 10.8. The molecule has 0 aromatic heterocycles. The Morgan fingerprint density at radius 3 is 2.52 bits per heavy atom. The number of ether oxygens (including phenoxy) is 1. The quantitative estimate of drug-likeness (QED) is 0.613. The molecule has 1 aromatic carbocycles. The zero-order valence-electron chi connectivity index (χ0n) is 13.8. The van der Waals surface area contributed by atoms with Gasteiger partial charge >= 0.3 is 0 Å². The second-order valence-corrected chi connectivity index (χ2v) is 5.83. The lowest BCUT2D eigenvalue weighted by molar-refractivity contribution is 0.0343. The molecule has 1 aromatic rings. The van der Waals surface area contributed by atoms with Crippen LogP contribution >= 0.6 is 0 Å². The van der Waals surface area contributed by atoms with E-state index in [-0.39, 0.29) is 6.04 Å². The number of hydrogen-bond acceptors (Lipinski definition) is 3. The van der Waals surface area contributed by atoms with E-state index < -0.39 is 6.10 Å². The van der Waals surface area contributed by atoms with Crippen LogP contribution in [0, 0.1) is 6.92 Å². The highest BCUT2D eigenvalue weighted by Crippen LogP contribution is 2.12. The smallest absolute Gasteiger partial charge is 0.0897 e. The molecule has 0 spiro atoms. The van der Waals surface area contributed by atoms with E-state index in [9.17, 15) is 5.11 Å². The summed E-state index contributed by atoms with van der Waals surface area (Å²) in [5.41, 5.74) is 2.51. The van der Waals surface area contributed by atoms with E-state index in [4.69, 9.17) is 4.74 Å². The summed E-state index contributed by atoms with van der Waals surface area (Å²) in [5.74, 6) is 0. The van der Waals surface area contributed by atoms with Crippen molar-refractivity contribution in [2.24, 2.45) is 0 Å². The SMILES string of the molecule is CCCCCCOCC(O)CN[C@H](C)c1ccc(C)cc1. The summed E-state index contributed by atoms with van der Waals surface area (Å²) in [7, 11) is 0. The van der Waals surface area contributed by atoms with Crippen molar-refractivity contribution < 1.29 is 9.84 Å². The highest BCUT2D eigenvalue weighted by molar-refractivity contribution is 5.23. The van der Waals surface area contributed by atoms with Gasteiger partial charge in [-0.05, 0) is 25.8 Å². The van der Waals surface area contributed by atoms with Crippen molar-refractivity contribution in [3.63, 3.8) is 0 Å². The van der Waals surface area contributed by atoms with Crippen LogP contribution in [-0.2, 0) is 4.74 Å². The van der Waals surface area contributed by atoms with Gasteiger partial charge in [0.25, 0.3) is 0 Å². The lowest BCUT2D eigenvalue weighted by atomic mass is 10.1. The summed E-state index contributed by atoms with van der Waals surface area (Å²) in [5, 5.41) is 13.3. The molecule has 0 amide bonds. The summed E-state index contributed by atoms with van der Waals surface area (Å²) in [6, 6.07) is 8.73. The first-order valence-electron chi connectivity index (χ1n) is 8.19. The molecular formula is C18H31NO2. The van der Waals surface area contributed by atoms with Gasteiger partial charge in [0.15, 0.2) is 0 Å². The van der Waals surface area contributed by atoms with Crippen molar-refractivity contribution in [3.05, 3.63) is 35.4 Å². The first-order valence-corrected chi connectivity index (χ1v) is 8.19. The van der Waals surface area contributed by atoms with E-state index in [1.54, 1.807) is 0 Å². The minimum Gasteiger partial charge on any atom is -0.389 e. The third kappa shape index (κ3) is 8.20. The van der Waals surface area contributed by atoms with E-state index in [1.165, 1.54) is 30.4 Å². The molecule has 2 atom stereocenters. The topological polar surface area (TPSA) is 41.5 Å². The number of rotatable bonds is 11. The molecule has 0 aliphatic rings. The van der Waals surface area contributed by atoms with Crippen LogP contribution in [0.4, 0.5) is 0 Å². The molecule has 1 unspecified atom stereocenters. The number of benzene rings is 1. The molecule has 120 valence electrons. The fourth-order valence-electron chi connectivity index (χ4n) is 2.19. The summed E-state index contributed by atoms with van der Waals surface area (Å²) in [6.07, 6.45) is 4.37. The number of hydrogen-bond donors (Lipinski definition) is 2. The molecule has 0 radical (unpaired) electrons. The molecule has 0 heterocycles. The fourth-order valence-corrected chi connectivity index (χ4v) is 2.19. The largest absolute Gasteiger partial charge is 0.389 e. The summed E-state index contributed by atoms with van der Waals surface area (Å²) < 4.78 is 5.51.